The number of rotatable bonds is 4. The van der Waals surface area contributed by atoms with Gasteiger partial charge in [0.15, 0.2) is 0 Å². The van der Waals surface area contributed by atoms with Crippen LogP contribution in [0.3, 0.4) is 0 Å². The van der Waals surface area contributed by atoms with E-state index in [4.69, 9.17) is 15.4 Å². The lowest BCUT2D eigenvalue weighted by atomic mass is 9.87. The van der Waals surface area contributed by atoms with Crippen molar-refractivity contribution >= 4 is 71.4 Å². The Kier molecular flexibility index (Phi) is 6.82. The molecule has 12 aromatic rings. The van der Waals surface area contributed by atoms with Crippen molar-refractivity contribution in [2.24, 2.45) is 0 Å². The largest absolute Gasteiger partial charge is 0.455 e. The molecule has 0 spiro atoms. The molecule has 3 heterocycles. The van der Waals surface area contributed by atoms with Crippen molar-refractivity contribution in [3.63, 3.8) is 0 Å². The highest BCUT2D eigenvalue weighted by molar-refractivity contribution is 6.24. The summed E-state index contributed by atoms with van der Waals surface area (Å²) < 4.78 is 15.6. The summed E-state index contributed by atoms with van der Waals surface area (Å²) in [4.78, 5) is 4.16. The molecule has 60 heavy (non-hydrogen) atoms. The third kappa shape index (κ3) is 4.55. The highest BCUT2D eigenvalue weighted by Gasteiger charge is 2.34. The van der Waals surface area contributed by atoms with Gasteiger partial charge in [0, 0.05) is 38.4 Å². The highest BCUT2D eigenvalue weighted by atomic mass is 16.3. The molecule has 13 rings (SSSR count). The van der Waals surface area contributed by atoms with E-state index in [1.807, 2.05) is 30.3 Å². The maximum Gasteiger partial charge on any atom is 0.211 e. The summed E-state index contributed by atoms with van der Waals surface area (Å²) in [5, 5.41) is 6.56. The Morgan fingerprint density at radius 1 is 0.450 bits per heavy atom. The minimum absolute atomic E-state index is 0.0283. The first-order valence-electron chi connectivity index (χ1n) is 20.3. The Morgan fingerprint density at radius 2 is 1.12 bits per heavy atom. The Hall–Kier alpha value is -8.13. The van der Waals surface area contributed by atoms with Crippen LogP contribution in [0.2, 0.25) is 0 Å². The molecule has 4 heteroatoms. The Bertz CT molecular complexity index is 3800. The van der Waals surface area contributed by atoms with Gasteiger partial charge in [0.05, 0.1) is 28.7 Å². The minimum atomic E-state index is -0.0283. The second-order valence-corrected chi connectivity index (χ2v) is 15.8. The van der Waals surface area contributed by atoms with E-state index in [2.05, 4.69) is 167 Å². The Morgan fingerprint density at radius 3 is 1.93 bits per heavy atom. The van der Waals surface area contributed by atoms with Crippen LogP contribution in [-0.2, 0) is 0 Å². The fourth-order valence-corrected chi connectivity index (χ4v) is 10.1. The molecule has 1 atom stereocenters. The van der Waals surface area contributed by atoms with Crippen LogP contribution < -0.4 is 0 Å². The number of hydrogen-bond acceptors (Lipinski definition) is 2. The lowest BCUT2D eigenvalue weighted by Crippen LogP contribution is -2.01. The van der Waals surface area contributed by atoms with E-state index in [1.54, 1.807) is 0 Å². The van der Waals surface area contributed by atoms with Gasteiger partial charge in [-0.05, 0) is 80.9 Å². The van der Waals surface area contributed by atoms with Gasteiger partial charge in [0.25, 0.3) is 0 Å². The molecular weight excluding hydrogens is 733 g/mol. The monoisotopic (exact) mass is 764 g/mol. The van der Waals surface area contributed by atoms with E-state index >= 15 is 0 Å². The van der Waals surface area contributed by atoms with E-state index in [-0.39, 0.29) is 5.92 Å². The van der Waals surface area contributed by atoms with Crippen molar-refractivity contribution in [1.29, 1.82) is 0 Å². The fraction of sp³-hybridized carbons (Fsp3) is 0.0179. The van der Waals surface area contributed by atoms with Gasteiger partial charge in [-0.3, -0.25) is 0 Å². The Balaban J connectivity index is 1.04. The molecule has 1 unspecified atom stereocenters. The topological polar surface area (TPSA) is 35.6 Å². The molecule has 1 aliphatic carbocycles. The van der Waals surface area contributed by atoms with E-state index < -0.39 is 0 Å². The summed E-state index contributed by atoms with van der Waals surface area (Å²) in [5.74, 6) is -0.0283. The summed E-state index contributed by atoms with van der Waals surface area (Å²) in [5.41, 5.74) is 17.4. The van der Waals surface area contributed by atoms with Gasteiger partial charge in [-0.15, -0.1) is 0 Å². The van der Waals surface area contributed by atoms with Gasteiger partial charge in [0.1, 0.15) is 22.3 Å². The quantitative estimate of drug-likeness (QED) is 0.167. The molecule has 0 saturated heterocycles. The van der Waals surface area contributed by atoms with Crippen molar-refractivity contribution in [2.45, 2.75) is 5.92 Å². The first-order chi connectivity index (χ1) is 29.7. The summed E-state index contributed by atoms with van der Waals surface area (Å²) in [6.45, 7) is 8.48. The van der Waals surface area contributed by atoms with Crippen LogP contribution in [0.5, 0.6) is 0 Å². The predicted molar refractivity (Wildman–Crippen MR) is 245 cm³/mol. The number of para-hydroxylation sites is 4. The van der Waals surface area contributed by atoms with E-state index in [9.17, 15) is 0 Å². The molecule has 0 fully saturated rings. The van der Waals surface area contributed by atoms with Gasteiger partial charge < -0.3 is 13.4 Å². The summed E-state index contributed by atoms with van der Waals surface area (Å²) in [6, 6.07) is 66.4. The van der Waals surface area contributed by atoms with Crippen molar-refractivity contribution in [1.82, 2.24) is 4.57 Å². The molecule has 3 aromatic heterocycles. The third-order valence-electron chi connectivity index (χ3n) is 12.7. The molecule has 1 aliphatic rings. The van der Waals surface area contributed by atoms with Crippen LogP contribution in [0.1, 0.15) is 22.6 Å². The van der Waals surface area contributed by atoms with Crippen molar-refractivity contribution < 1.29 is 8.83 Å². The van der Waals surface area contributed by atoms with Gasteiger partial charge in [-0.1, -0.05) is 152 Å². The Labute approximate surface area is 344 Å². The lowest BCUT2D eigenvalue weighted by molar-refractivity contribution is 0.669. The average Bonchev–Trinajstić information content (AvgIpc) is 4.06. The van der Waals surface area contributed by atoms with E-state index in [1.165, 1.54) is 33.4 Å². The number of benzene rings is 9. The van der Waals surface area contributed by atoms with Gasteiger partial charge in [-0.2, -0.15) is 0 Å². The molecule has 0 amide bonds. The molecule has 9 aromatic carbocycles. The van der Waals surface area contributed by atoms with Gasteiger partial charge >= 0.3 is 0 Å². The van der Waals surface area contributed by atoms with Crippen molar-refractivity contribution in [2.75, 3.05) is 0 Å². The molecular formula is C56H32N2O2. The number of aromatic nitrogens is 1. The maximum absolute atomic E-state index is 8.48. The molecule has 4 nitrogen and oxygen atoms in total. The van der Waals surface area contributed by atoms with Crippen LogP contribution in [0.15, 0.2) is 197 Å². The number of nitrogens with zero attached hydrogens (tertiary/aromatic N) is 2. The normalized spacial score (nSPS) is 13.5. The number of furan rings is 2. The SMILES string of the molecule is [C-]#[N+]c1cccc(-c2cccc(C3c4ccc(-c5ccccc5)cc4-c4c3ccc3c4oc4ccccc43)c2)c1-n1c2ccccc2c2c3oc4ccccc4c3ccc21. The molecule has 0 radical (unpaired) electrons. The van der Waals surface area contributed by atoms with E-state index in [0.717, 1.165) is 88.1 Å². The highest BCUT2D eigenvalue weighted by Crippen LogP contribution is 2.54. The standard InChI is InChI=1S/C56H32N2O2/c1-57-46-21-12-20-37(54(46)58-47-22-8-5-19-43(47)53-48(58)30-29-42-39-18-7-10-24-50(39)60-56(42)53)35-15-11-16-36(31-35)51-40-26-25-34(33-13-3-2-4-14-33)32-45(40)52-44(51)28-27-41-38-17-6-9-23-49(38)59-55(41)52/h2-32,51H. The van der Waals surface area contributed by atoms with Crippen LogP contribution >= 0.6 is 0 Å². The van der Waals surface area contributed by atoms with Gasteiger partial charge in [-0.25, -0.2) is 4.85 Å². The van der Waals surface area contributed by atoms with Gasteiger partial charge in [0.2, 0.25) is 5.69 Å². The summed E-state index contributed by atoms with van der Waals surface area (Å²) in [6.07, 6.45) is 0. The zero-order valence-electron chi connectivity index (χ0n) is 32.2. The molecule has 0 N–H and O–H groups in total. The van der Waals surface area contributed by atoms with Crippen LogP contribution in [0.4, 0.5) is 5.69 Å². The van der Waals surface area contributed by atoms with Crippen molar-refractivity contribution in [3.05, 3.63) is 216 Å². The van der Waals surface area contributed by atoms with Crippen LogP contribution in [-0.4, -0.2) is 4.57 Å². The van der Waals surface area contributed by atoms with Crippen LogP contribution in [0, 0.1) is 6.57 Å². The summed E-state index contributed by atoms with van der Waals surface area (Å²) >= 11 is 0. The maximum atomic E-state index is 8.48. The van der Waals surface area contributed by atoms with Crippen molar-refractivity contribution in [3.8, 4) is 39.1 Å². The predicted octanol–water partition coefficient (Wildman–Crippen LogP) is 15.6. The number of fused-ring (bicyclic) bond motifs is 14. The lowest BCUT2D eigenvalue weighted by Gasteiger charge is -2.19. The first-order valence-corrected chi connectivity index (χ1v) is 20.3. The van der Waals surface area contributed by atoms with Crippen LogP contribution in [0.25, 0.3) is 110 Å². The smallest absolute Gasteiger partial charge is 0.211 e. The van der Waals surface area contributed by atoms with E-state index in [0.29, 0.717) is 5.69 Å². The summed E-state index contributed by atoms with van der Waals surface area (Å²) in [7, 11) is 0. The second kappa shape index (κ2) is 12.4. The molecule has 0 saturated carbocycles. The zero-order valence-corrected chi connectivity index (χ0v) is 32.2. The fourth-order valence-electron chi connectivity index (χ4n) is 10.1. The zero-order chi connectivity index (χ0) is 39.5. The number of hydrogen-bond donors (Lipinski definition) is 0. The molecule has 278 valence electrons. The molecule has 0 bridgehead atoms. The third-order valence-corrected chi connectivity index (χ3v) is 12.7. The second-order valence-electron chi connectivity index (χ2n) is 15.8. The average molecular weight is 765 g/mol. The first kappa shape index (κ1) is 32.9. The minimum Gasteiger partial charge on any atom is -0.455 e. The molecule has 0 aliphatic heterocycles.